The Hall–Kier alpha value is -1.44. The molecule has 0 aromatic carbocycles. The van der Waals surface area contributed by atoms with Crippen molar-refractivity contribution >= 4 is 39.9 Å². The topological polar surface area (TPSA) is 78.1 Å². The molecule has 1 unspecified atom stereocenters. The highest BCUT2D eigenvalue weighted by atomic mass is 35.5. The largest absolute Gasteiger partial charge is 0.338 e. The van der Waals surface area contributed by atoms with Gasteiger partial charge in [-0.1, -0.05) is 0 Å². The van der Waals surface area contributed by atoms with Gasteiger partial charge in [0.05, 0.1) is 5.39 Å². The molecule has 0 aliphatic carbocycles. The first-order valence-corrected chi connectivity index (χ1v) is 9.26. The van der Waals surface area contributed by atoms with Gasteiger partial charge in [-0.3, -0.25) is 9.59 Å². The minimum atomic E-state index is -0.0986. The van der Waals surface area contributed by atoms with Gasteiger partial charge in [-0.15, -0.1) is 23.7 Å². The average molecular weight is 385 g/mol. The van der Waals surface area contributed by atoms with Crippen molar-refractivity contribution in [2.45, 2.75) is 45.6 Å². The molecular formula is C17H25ClN4O2S. The van der Waals surface area contributed by atoms with Crippen LogP contribution in [0.25, 0.3) is 10.2 Å². The third kappa shape index (κ3) is 4.04. The van der Waals surface area contributed by atoms with Crippen LogP contribution in [0, 0.1) is 13.8 Å². The van der Waals surface area contributed by atoms with Crippen LogP contribution in [0.1, 0.15) is 35.5 Å². The fourth-order valence-electron chi connectivity index (χ4n) is 3.40. The molecule has 138 valence electrons. The highest BCUT2D eigenvalue weighted by Crippen LogP contribution is 2.26. The number of hydrogen-bond donors (Lipinski definition) is 2. The number of thiophene rings is 1. The van der Waals surface area contributed by atoms with Gasteiger partial charge in [-0.2, -0.15) is 0 Å². The van der Waals surface area contributed by atoms with Crippen molar-refractivity contribution in [3.63, 3.8) is 0 Å². The molecule has 2 aromatic heterocycles. The Morgan fingerprint density at radius 1 is 1.44 bits per heavy atom. The zero-order valence-electron chi connectivity index (χ0n) is 14.8. The van der Waals surface area contributed by atoms with Crippen molar-refractivity contribution in [2.24, 2.45) is 0 Å². The number of likely N-dealkylation sites (tertiary alicyclic amines) is 1. The number of amides is 1. The minimum absolute atomic E-state index is 0. The lowest BCUT2D eigenvalue weighted by Crippen LogP contribution is -2.41. The first-order chi connectivity index (χ1) is 11.5. The molecule has 2 aromatic rings. The standard InChI is InChI=1S/C17H24N4O2S.ClH/c1-10-11(2)24-17-15(10)16(23)19-13(20-17)6-7-14(22)21-8-4-5-12(21)9-18-3;/h12,18H,4-9H2,1-3H3,(H,19,20,23);1H. The number of fused-ring (bicyclic) bond motifs is 1. The molecule has 8 heteroatoms. The number of halogens is 1. The molecule has 1 aliphatic heterocycles. The molecular weight excluding hydrogens is 360 g/mol. The SMILES string of the molecule is CNCC1CCCN1C(=O)CCc1nc2sc(C)c(C)c2c(=O)[nH]1.Cl. The lowest BCUT2D eigenvalue weighted by Gasteiger charge is -2.24. The maximum atomic E-state index is 12.5. The Labute approximate surface area is 157 Å². The monoisotopic (exact) mass is 384 g/mol. The molecule has 1 saturated heterocycles. The number of nitrogens with one attached hydrogen (secondary N) is 2. The predicted octanol–water partition coefficient (Wildman–Crippen LogP) is 2.17. The number of rotatable bonds is 5. The molecule has 1 atom stereocenters. The van der Waals surface area contributed by atoms with Crippen LogP contribution in [0.4, 0.5) is 0 Å². The molecule has 1 aliphatic rings. The van der Waals surface area contributed by atoms with E-state index >= 15 is 0 Å². The molecule has 6 nitrogen and oxygen atoms in total. The normalized spacial score (nSPS) is 17.1. The summed E-state index contributed by atoms with van der Waals surface area (Å²) in [6.07, 6.45) is 2.98. The van der Waals surface area contributed by atoms with Crippen LogP contribution in [0.3, 0.4) is 0 Å². The number of aryl methyl sites for hydroxylation is 3. The zero-order chi connectivity index (χ0) is 17.3. The van der Waals surface area contributed by atoms with Gasteiger partial charge in [0.25, 0.3) is 5.56 Å². The van der Waals surface area contributed by atoms with E-state index in [9.17, 15) is 9.59 Å². The summed E-state index contributed by atoms with van der Waals surface area (Å²) in [4.78, 5) is 36.0. The summed E-state index contributed by atoms with van der Waals surface area (Å²) in [5, 5.41) is 3.83. The molecule has 2 N–H and O–H groups in total. The highest BCUT2D eigenvalue weighted by molar-refractivity contribution is 7.18. The zero-order valence-corrected chi connectivity index (χ0v) is 16.5. The van der Waals surface area contributed by atoms with Crippen LogP contribution >= 0.6 is 23.7 Å². The number of H-pyrrole nitrogens is 1. The molecule has 0 radical (unpaired) electrons. The number of hydrogen-bond acceptors (Lipinski definition) is 5. The van der Waals surface area contributed by atoms with E-state index in [0.717, 1.165) is 41.2 Å². The second kappa shape index (κ2) is 8.29. The average Bonchev–Trinajstić information content (AvgIpc) is 3.11. The maximum Gasteiger partial charge on any atom is 0.259 e. The summed E-state index contributed by atoms with van der Waals surface area (Å²) in [5.74, 6) is 0.750. The maximum absolute atomic E-state index is 12.5. The summed E-state index contributed by atoms with van der Waals surface area (Å²) in [5.41, 5.74) is 0.900. The van der Waals surface area contributed by atoms with Gasteiger partial charge in [0.15, 0.2) is 0 Å². The second-order valence-corrected chi connectivity index (χ2v) is 7.62. The van der Waals surface area contributed by atoms with Crippen LogP contribution in [-0.2, 0) is 11.2 Å². The van der Waals surface area contributed by atoms with Crippen molar-refractivity contribution in [2.75, 3.05) is 20.1 Å². The predicted molar refractivity (Wildman–Crippen MR) is 104 cm³/mol. The van der Waals surface area contributed by atoms with E-state index in [-0.39, 0.29) is 23.9 Å². The molecule has 0 bridgehead atoms. The summed E-state index contributed by atoms with van der Waals surface area (Å²) in [6.45, 7) is 5.61. The molecule has 3 heterocycles. The van der Waals surface area contributed by atoms with E-state index in [0.29, 0.717) is 30.1 Å². The lowest BCUT2D eigenvalue weighted by atomic mass is 10.2. The van der Waals surface area contributed by atoms with Gasteiger partial charge < -0.3 is 15.2 Å². The first-order valence-electron chi connectivity index (χ1n) is 8.44. The number of carbonyl (C=O) groups excluding carboxylic acids is 1. The molecule has 25 heavy (non-hydrogen) atoms. The molecule has 0 spiro atoms. The van der Waals surface area contributed by atoms with E-state index in [4.69, 9.17) is 0 Å². The van der Waals surface area contributed by atoms with Crippen molar-refractivity contribution in [3.05, 3.63) is 26.6 Å². The first kappa shape index (κ1) is 19.9. The van der Waals surface area contributed by atoms with Gasteiger partial charge in [0.1, 0.15) is 10.7 Å². The van der Waals surface area contributed by atoms with Crippen LogP contribution in [0.5, 0.6) is 0 Å². The van der Waals surface area contributed by atoms with Crippen molar-refractivity contribution in [1.82, 2.24) is 20.2 Å². The van der Waals surface area contributed by atoms with E-state index in [1.807, 2.05) is 25.8 Å². The van der Waals surface area contributed by atoms with Crippen LogP contribution in [0.15, 0.2) is 4.79 Å². The second-order valence-electron chi connectivity index (χ2n) is 6.42. The van der Waals surface area contributed by atoms with Crippen molar-refractivity contribution < 1.29 is 4.79 Å². The third-order valence-electron chi connectivity index (χ3n) is 4.80. The van der Waals surface area contributed by atoms with Gasteiger partial charge >= 0.3 is 0 Å². The van der Waals surface area contributed by atoms with Crippen LogP contribution < -0.4 is 10.9 Å². The number of aromatic nitrogens is 2. The van der Waals surface area contributed by atoms with Crippen LogP contribution in [0.2, 0.25) is 0 Å². The Morgan fingerprint density at radius 2 is 2.20 bits per heavy atom. The number of carbonyl (C=O) groups is 1. The Kier molecular flexibility index (Phi) is 6.59. The van der Waals surface area contributed by atoms with Gasteiger partial charge in [-0.25, -0.2) is 4.98 Å². The highest BCUT2D eigenvalue weighted by Gasteiger charge is 2.27. The van der Waals surface area contributed by atoms with Gasteiger partial charge in [0, 0.05) is 36.9 Å². The van der Waals surface area contributed by atoms with E-state index in [2.05, 4.69) is 15.3 Å². The Balaban J connectivity index is 0.00000225. The van der Waals surface area contributed by atoms with Gasteiger partial charge in [-0.05, 0) is 39.3 Å². The van der Waals surface area contributed by atoms with Gasteiger partial charge in [0.2, 0.25) is 5.91 Å². The van der Waals surface area contributed by atoms with Crippen LogP contribution in [-0.4, -0.2) is 47.0 Å². The summed E-state index contributed by atoms with van der Waals surface area (Å²) in [7, 11) is 1.91. The Morgan fingerprint density at radius 3 is 2.92 bits per heavy atom. The number of nitrogens with zero attached hydrogens (tertiary/aromatic N) is 2. The third-order valence-corrected chi connectivity index (χ3v) is 5.90. The summed E-state index contributed by atoms with van der Waals surface area (Å²) < 4.78 is 0. The molecule has 1 fully saturated rings. The number of aromatic amines is 1. The summed E-state index contributed by atoms with van der Waals surface area (Å²) >= 11 is 1.54. The smallest absolute Gasteiger partial charge is 0.259 e. The number of likely N-dealkylation sites (N-methyl/N-ethyl adjacent to an activating group) is 1. The molecule has 3 rings (SSSR count). The lowest BCUT2D eigenvalue weighted by molar-refractivity contribution is -0.131. The van der Waals surface area contributed by atoms with E-state index in [1.54, 1.807) is 0 Å². The van der Waals surface area contributed by atoms with Crippen molar-refractivity contribution in [1.29, 1.82) is 0 Å². The van der Waals surface area contributed by atoms with E-state index < -0.39 is 0 Å². The summed E-state index contributed by atoms with van der Waals surface area (Å²) in [6, 6.07) is 0.291. The fraction of sp³-hybridized carbons (Fsp3) is 0.588. The molecule has 1 amide bonds. The van der Waals surface area contributed by atoms with Crippen molar-refractivity contribution in [3.8, 4) is 0 Å². The van der Waals surface area contributed by atoms with E-state index in [1.165, 1.54) is 11.3 Å². The quantitative estimate of drug-likeness (QED) is 0.828. The minimum Gasteiger partial charge on any atom is -0.338 e. The molecule has 0 saturated carbocycles. The fourth-order valence-corrected chi connectivity index (χ4v) is 4.45. The Bertz CT molecular complexity index is 817.